The van der Waals surface area contributed by atoms with Gasteiger partial charge in [-0.15, -0.1) is 0 Å². The maximum absolute atomic E-state index is 16.4. The number of piperidine rings is 3. The SMILES string of the molecule is Nc1ncnc2c1n(-c1ccc(Oc3ccccc3)cc1)c(=O)n2[C@@H]1CCN(C2CCN(C3CN(c4ccc5c(c4)C(=O)N([C@@H]4CCC(=O)NC4=O)C5=O)C3)CC2)C[C@@H]1F. The highest BCUT2D eigenvalue weighted by atomic mass is 19.1. The molecule has 308 valence electrons. The van der Waals surface area contributed by atoms with E-state index in [2.05, 4.69) is 30.0 Å². The van der Waals surface area contributed by atoms with Gasteiger partial charge in [0.1, 0.15) is 35.6 Å². The number of benzene rings is 3. The summed E-state index contributed by atoms with van der Waals surface area (Å²) in [4.78, 5) is 81.2. The summed E-state index contributed by atoms with van der Waals surface area (Å²) < 4.78 is 25.2. The maximum atomic E-state index is 16.4. The van der Waals surface area contributed by atoms with E-state index in [-0.39, 0.29) is 42.4 Å². The van der Waals surface area contributed by atoms with Gasteiger partial charge in [-0.05, 0) is 80.3 Å². The Morgan fingerprint density at radius 2 is 1.43 bits per heavy atom. The normalized spacial score (nSPS) is 23.2. The number of carbonyl (C=O) groups is 4. The van der Waals surface area contributed by atoms with Crippen molar-refractivity contribution in [3.63, 3.8) is 0 Å². The van der Waals surface area contributed by atoms with Gasteiger partial charge in [-0.1, -0.05) is 18.2 Å². The zero-order chi connectivity index (χ0) is 41.2. The highest BCUT2D eigenvalue weighted by Crippen LogP contribution is 2.36. The van der Waals surface area contributed by atoms with Gasteiger partial charge in [-0.3, -0.25) is 48.3 Å². The Balaban J connectivity index is 0.758. The number of imide groups is 2. The van der Waals surface area contributed by atoms with Crippen LogP contribution in [-0.4, -0.2) is 121 Å². The number of ether oxygens (including phenoxy) is 1. The van der Waals surface area contributed by atoms with Crippen LogP contribution in [-0.2, 0) is 9.59 Å². The highest BCUT2D eigenvalue weighted by molar-refractivity contribution is 6.23. The van der Waals surface area contributed by atoms with E-state index >= 15 is 4.39 Å². The smallest absolute Gasteiger partial charge is 0.335 e. The topological polar surface area (TPSA) is 181 Å². The fourth-order valence-corrected chi connectivity index (χ4v) is 9.60. The van der Waals surface area contributed by atoms with Gasteiger partial charge in [0.05, 0.1) is 22.9 Å². The first kappa shape index (κ1) is 37.8. The van der Waals surface area contributed by atoms with Crippen molar-refractivity contribution in [3.05, 3.63) is 101 Å². The van der Waals surface area contributed by atoms with E-state index < -0.39 is 47.6 Å². The van der Waals surface area contributed by atoms with Gasteiger partial charge < -0.3 is 15.4 Å². The Labute approximate surface area is 343 Å². The highest BCUT2D eigenvalue weighted by Gasteiger charge is 2.46. The minimum Gasteiger partial charge on any atom is -0.457 e. The van der Waals surface area contributed by atoms with Gasteiger partial charge >= 0.3 is 5.69 Å². The molecule has 4 saturated heterocycles. The molecule has 3 aromatic carbocycles. The van der Waals surface area contributed by atoms with E-state index in [1.165, 1.54) is 15.5 Å². The Bertz CT molecular complexity index is 2580. The van der Waals surface area contributed by atoms with Crippen LogP contribution in [0.15, 0.2) is 83.9 Å². The number of aromatic nitrogens is 4. The molecule has 60 heavy (non-hydrogen) atoms. The minimum atomic E-state index is -1.31. The number of amides is 4. The standard InChI is InChI=1S/C43H43FN10O6/c44-33-23-50(19-16-34(33)53-39-37(38(45)46-24-47-39)52(43(53)59)26-6-9-30(10-7-26)60-29-4-2-1-3-5-29)25-14-17-49(18-15-25)28-21-51(22-28)27-8-11-31-32(20-27)42(58)54(41(31)57)35-12-13-36(55)48-40(35)56/h1-11,20,24-25,28,33-35H,12-19,21-23H2,(H2,45,46,47)(H,48,55,56)/t33-,34+,35+/m0/s1. The van der Waals surface area contributed by atoms with E-state index in [1.54, 1.807) is 36.4 Å². The largest absolute Gasteiger partial charge is 0.457 e. The van der Waals surface area contributed by atoms with Crippen molar-refractivity contribution in [2.24, 2.45) is 0 Å². The molecule has 3 N–H and O–H groups in total. The zero-order valence-corrected chi connectivity index (χ0v) is 32.7. The third-order valence-corrected chi connectivity index (χ3v) is 12.8. The van der Waals surface area contributed by atoms with Crippen LogP contribution in [0.25, 0.3) is 16.9 Å². The van der Waals surface area contributed by atoms with Crippen molar-refractivity contribution in [3.8, 4) is 17.2 Å². The van der Waals surface area contributed by atoms with Gasteiger partial charge in [0.2, 0.25) is 11.8 Å². The molecule has 0 spiro atoms. The predicted molar refractivity (Wildman–Crippen MR) is 218 cm³/mol. The van der Waals surface area contributed by atoms with Crippen molar-refractivity contribution in [1.82, 2.24) is 39.1 Å². The molecule has 0 radical (unpaired) electrons. The molecule has 5 aliphatic heterocycles. The van der Waals surface area contributed by atoms with E-state index in [1.807, 2.05) is 36.4 Å². The molecule has 3 atom stereocenters. The third-order valence-electron chi connectivity index (χ3n) is 12.8. The van der Waals surface area contributed by atoms with Crippen molar-refractivity contribution < 1.29 is 28.3 Å². The average Bonchev–Trinajstić information content (AvgIpc) is 3.67. The number of likely N-dealkylation sites (tertiary alicyclic amines) is 2. The van der Waals surface area contributed by atoms with Crippen LogP contribution >= 0.6 is 0 Å². The number of rotatable bonds is 8. The Morgan fingerprint density at radius 3 is 2.17 bits per heavy atom. The predicted octanol–water partition coefficient (Wildman–Crippen LogP) is 3.30. The van der Waals surface area contributed by atoms with Crippen molar-refractivity contribution >= 4 is 46.3 Å². The number of carbonyl (C=O) groups excluding carboxylic acids is 4. The number of hydrogen-bond acceptors (Lipinski definition) is 12. The van der Waals surface area contributed by atoms with Crippen molar-refractivity contribution in [2.45, 2.75) is 62.4 Å². The van der Waals surface area contributed by atoms with Crippen molar-refractivity contribution in [1.29, 1.82) is 0 Å². The number of fused-ring (bicyclic) bond motifs is 2. The van der Waals surface area contributed by atoms with Crippen LogP contribution in [0.4, 0.5) is 15.9 Å². The van der Waals surface area contributed by atoms with Crippen LogP contribution in [0.2, 0.25) is 0 Å². The van der Waals surface area contributed by atoms with E-state index in [9.17, 15) is 24.0 Å². The maximum Gasteiger partial charge on any atom is 0.335 e. The number of hydrogen-bond donors (Lipinski definition) is 2. The summed E-state index contributed by atoms with van der Waals surface area (Å²) >= 11 is 0. The number of anilines is 2. The van der Waals surface area contributed by atoms with E-state index in [4.69, 9.17) is 10.5 Å². The third kappa shape index (κ3) is 6.48. The molecule has 0 aliphatic carbocycles. The summed E-state index contributed by atoms with van der Waals surface area (Å²) in [5.74, 6) is -0.655. The average molecular weight is 815 g/mol. The number of nitrogens with zero attached hydrogens (tertiary/aromatic N) is 8. The fourth-order valence-electron chi connectivity index (χ4n) is 9.60. The molecule has 0 saturated carbocycles. The number of nitrogens with one attached hydrogen (secondary N) is 1. The number of nitrogen functional groups attached to an aromatic ring is 1. The van der Waals surface area contributed by atoms with E-state index in [0.717, 1.165) is 49.6 Å². The number of alkyl halides is 1. The van der Waals surface area contributed by atoms with Crippen LogP contribution in [0.3, 0.4) is 0 Å². The second kappa shape index (κ2) is 15.0. The van der Waals surface area contributed by atoms with Crippen LogP contribution < -0.4 is 26.4 Å². The molecule has 4 amide bonds. The van der Waals surface area contributed by atoms with Gasteiger partial charge in [-0.25, -0.2) is 19.2 Å². The lowest BCUT2D eigenvalue weighted by molar-refractivity contribution is -0.136. The van der Waals surface area contributed by atoms with Gasteiger partial charge in [0, 0.05) is 63.5 Å². The minimum absolute atomic E-state index is 0.0718. The molecule has 10 rings (SSSR count). The Morgan fingerprint density at radius 1 is 0.733 bits per heavy atom. The number of nitrogens with two attached hydrogens (primary N) is 1. The van der Waals surface area contributed by atoms with Crippen LogP contribution in [0.5, 0.6) is 11.5 Å². The molecule has 2 aromatic heterocycles. The molecular weight excluding hydrogens is 772 g/mol. The molecule has 0 bridgehead atoms. The summed E-state index contributed by atoms with van der Waals surface area (Å²) in [6, 6.07) is 20.5. The molecule has 17 heteroatoms. The lowest BCUT2D eigenvalue weighted by Gasteiger charge is -2.50. The number of para-hydroxylation sites is 1. The molecule has 0 unspecified atom stereocenters. The summed E-state index contributed by atoms with van der Waals surface area (Å²) in [6.07, 6.45) is 2.41. The Hall–Kier alpha value is -6.46. The molecule has 5 aliphatic rings. The van der Waals surface area contributed by atoms with Crippen LogP contribution in [0.1, 0.15) is 58.9 Å². The lowest BCUT2D eigenvalue weighted by Crippen LogP contribution is -2.62. The summed E-state index contributed by atoms with van der Waals surface area (Å²) in [7, 11) is 0. The summed E-state index contributed by atoms with van der Waals surface area (Å²) in [6.45, 7) is 4.12. The number of imidazole rings is 1. The molecule has 16 nitrogen and oxygen atoms in total. The van der Waals surface area contributed by atoms with E-state index in [0.29, 0.717) is 47.4 Å². The Kier molecular flexibility index (Phi) is 9.43. The molecular formula is C43H43FN10O6. The zero-order valence-electron chi connectivity index (χ0n) is 32.7. The van der Waals surface area contributed by atoms with Gasteiger partial charge in [0.25, 0.3) is 11.8 Å². The molecule has 7 heterocycles. The molecule has 5 aromatic rings. The van der Waals surface area contributed by atoms with Gasteiger partial charge in [0.15, 0.2) is 11.5 Å². The second-order valence-electron chi connectivity index (χ2n) is 16.2. The summed E-state index contributed by atoms with van der Waals surface area (Å²) in [5, 5.41) is 2.23. The second-order valence-corrected chi connectivity index (χ2v) is 16.2. The van der Waals surface area contributed by atoms with Crippen molar-refractivity contribution in [2.75, 3.05) is 49.9 Å². The first-order valence-electron chi connectivity index (χ1n) is 20.4. The first-order chi connectivity index (χ1) is 29.1. The van der Waals surface area contributed by atoms with Gasteiger partial charge in [-0.2, -0.15) is 0 Å². The monoisotopic (exact) mass is 814 g/mol. The molecule has 4 fully saturated rings. The lowest BCUT2D eigenvalue weighted by atomic mass is 9.94. The fraction of sp³-hybridized carbons (Fsp3) is 0.372. The van der Waals surface area contributed by atoms with Crippen LogP contribution in [0, 0.1) is 0 Å². The quantitative estimate of drug-likeness (QED) is 0.219. The first-order valence-corrected chi connectivity index (χ1v) is 20.4. The summed E-state index contributed by atoms with van der Waals surface area (Å²) in [5.41, 5.74) is 8.47. The number of halogens is 1.